The summed E-state index contributed by atoms with van der Waals surface area (Å²) in [7, 11) is 1.61. The van der Waals surface area contributed by atoms with Gasteiger partial charge in [0.25, 0.3) is 5.91 Å². The first-order valence-corrected chi connectivity index (χ1v) is 11.6. The number of nitrogens with zero attached hydrogens (tertiary/aromatic N) is 2. The second-order valence-corrected chi connectivity index (χ2v) is 8.55. The van der Waals surface area contributed by atoms with E-state index in [2.05, 4.69) is 10.6 Å². The van der Waals surface area contributed by atoms with Gasteiger partial charge in [0.15, 0.2) is 0 Å². The highest BCUT2D eigenvalue weighted by atomic mass is 16.5. The van der Waals surface area contributed by atoms with E-state index in [1.54, 1.807) is 18.0 Å². The van der Waals surface area contributed by atoms with E-state index < -0.39 is 0 Å². The summed E-state index contributed by atoms with van der Waals surface area (Å²) in [6, 6.07) is 24.7. The molecule has 1 aliphatic carbocycles. The Bertz CT molecular complexity index is 1360. The molecule has 1 aliphatic rings. The van der Waals surface area contributed by atoms with Gasteiger partial charge in [-0.3, -0.25) is 9.59 Å². The first-order chi connectivity index (χ1) is 17.1. The number of benzene rings is 3. The highest BCUT2D eigenvalue weighted by Gasteiger charge is 2.29. The summed E-state index contributed by atoms with van der Waals surface area (Å²) in [5.41, 5.74) is 4.30. The normalized spacial score (nSPS) is 12.7. The molecule has 2 amide bonds. The Hall–Kier alpha value is -4.39. The number of nitrogens with one attached hydrogen (secondary N) is 2. The molecule has 7 heteroatoms. The van der Waals surface area contributed by atoms with E-state index in [0.717, 1.165) is 35.3 Å². The summed E-state index contributed by atoms with van der Waals surface area (Å²) >= 11 is 0. The second-order valence-electron chi connectivity index (χ2n) is 8.55. The average molecular weight is 467 g/mol. The molecule has 1 saturated carbocycles. The topological polar surface area (TPSA) is 85.2 Å². The van der Waals surface area contributed by atoms with Crippen LogP contribution < -0.4 is 15.4 Å². The van der Waals surface area contributed by atoms with E-state index in [-0.39, 0.29) is 17.7 Å². The number of ether oxygens (including phenoxy) is 1. The molecule has 1 fully saturated rings. The van der Waals surface area contributed by atoms with Crippen molar-refractivity contribution in [3.8, 4) is 22.7 Å². The van der Waals surface area contributed by atoms with Crippen molar-refractivity contribution < 1.29 is 14.3 Å². The molecule has 3 aromatic carbocycles. The molecule has 1 heterocycles. The number of anilines is 1. The Kier molecular flexibility index (Phi) is 6.30. The van der Waals surface area contributed by atoms with Crippen LogP contribution in [0.1, 0.15) is 28.8 Å². The second kappa shape index (κ2) is 9.85. The fraction of sp³-hybridized carbons (Fsp3) is 0.179. The fourth-order valence-electron chi connectivity index (χ4n) is 3.86. The third-order valence-electron chi connectivity index (χ3n) is 5.92. The predicted octanol–water partition coefficient (Wildman–Crippen LogP) is 4.83. The van der Waals surface area contributed by atoms with Crippen molar-refractivity contribution in [3.63, 3.8) is 0 Å². The van der Waals surface area contributed by atoms with Gasteiger partial charge in [0, 0.05) is 29.9 Å². The summed E-state index contributed by atoms with van der Waals surface area (Å²) in [5, 5.41) is 10.7. The van der Waals surface area contributed by atoms with E-state index in [9.17, 15) is 9.59 Å². The van der Waals surface area contributed by atoms with Crippen LogP contribution in [0.25, 0.3) is 16.9 Å². The van der Waals surface area contributed by atoms with Crippen molar-refractivity contribution in [3.05, 3.63) is 96.2 Å². The van der Waals surface area contributed by atoms with Crippen LogP contribution in [-0.4, -0.2) is 28.7 Å². The van der Waals surface area contributed by atoms with E-state index in [1.807, 2.05) is 78.9 Å². The molecule has 7 nitrogen and oxygen atoms in total. The van der Waals surface area contributed by atoms with Crippen LogP contribution in [0.5, 0.6) is 5.75 Å². The number of methoxy groups -OCH3 is 1. The Labute approximate surface area is 203 Å². The molecule has 0 bridgehead atoms. The summed E-state index contributed by atoms with van der Waals surface area (Å²) < 4.78 is 7.07. The number of rotatable bonds is 8. The zero-order valence-corrected chi connectivity index (χ0v) is 19.4. The number of hydrogen-bond donors (Lipinski definition) is 2. The molecule has 176 valence electrons. The molecule has 0 radical (unpaired) electrons. The zero-order chi connectivity index (χ0) is 24.2. The lowest BCUT2D eigenvalue weighted by Gasteiger charge is -2.09. The maximum atomic E-state index is 13.3. The predicted molar refractivity (Wildman–Crippen MR) is 135 cm³/mol. The van der Waals surface area contributed by atoms with Gasteiger partial charge in [-0.05, 0) is 54.8 Å². The number of amides is 2. The summed E-state index contributed by atoms with van der Waals surface area (Å²) in [6.45, 7) is 0.319. The van der Waals surface area contributed by atoms with Crippen LogP contribution in [-0.2, 0) is 11.3 Å². The molecular formula is C28H26N4O3. The summed E-state index contributed by atoms with van der Waals surface area (Å²) in [4.78, 5) is 25.4. The van der Waals surface area contributed by atoms with Crippen molar-refractivity contribution in [1.29, 1.82) is 0 Å². The third kappa shape index (κ3) is 5.24. The van der Waals surface area contributed by atoms with Crippen LogP contribution in [0.4, 0.5) is 5.69 Å². The van der Waals surface area contributed by atoms with E-state index in [1.165, 1.54) is 0 Å². The molecule has 0 aliphatic heterocycles. The first kappa shape index (κ1) is 22.4. The highest BCUT2D eigenvalue weighted by Crippen LogP contribution is 2.30. The third-order valence-corrected chi connectivity index (χ3v) is 5.92. The lowest BCUT2D eigenvalue weighted by molar-refractivity contribution is -0.117. The number of carbonyl (C=O) groups is 2. The number of para-hydroxylation sites is 1. The molecular weight excluding hydrogens is 440 g/mol. The van der Waals surface area contributed by atoms with Gasteiger partial charge >= 0.3 is 0 Å². The van der Waals surface area contributed by atoms with Gasteiger partial charge in [-0.15, -0.1) is 0 Å². The van der Waals surface area contributed by atoms with Crippen molar-refractivity contribution in [1.82, 2.24) is 15.1 Å². The minimum absolute atomic E-state index is 0.0578. The van der Waals surface area contributed by atoms with Crippen LogP contribution in [0.2, 0.25) is 0 Å². The first-order valence-electron chi connectivity index (χ1n) is 11.6. The van der Waals surface area contributed by atoms with Gasteiger partial charge in [0.2, 0.25) is 5.91 Å². The lowest BCUT2D eigenvalue weighted by Crippen LogP contribution is -2.23. The molecule has 35 heavy (non-hydrogen) atoms. The summed E-state index contributed by atoms with van der Waals surface area (Å²) in [5.74, 6) is 0.641. The number of aromatic nitrogens is 2. The minimum Gasteiger partial charge on any atom is -0.497 e. The lowest BCUT2D eigenvalue weighted by atomic mass is 10.1. The Morgan fingerprint density at radius 3 is 2.57 bits per heavy atom. The molecule has 2 N–H and O–H groups in total. The van der Waals surface area contributed by atoms with E-state index >= 15 is 0 Å². The van der Waals surface area contributed by atoms with Crippen molar-refractivity contribution in [2.45, 2.75) is 19.4 Å². The van der Waals surface area contributed by atoms with Gasteiger partial charge in [-0.25, -0.2) is 4.68 Å². The Morgan fingerprint density at radius 2 is 1.80 bits per heavy atom. The van der Waals surface area contributed by atoms with Crippen LogP contribution >= 0.6 is 0 Å². The fourth-order valence-corrected chi connectivity index (χ4v) is 3.86. The van der Waals surface area contributed by atoms with E-state index in [0.29, 0.717) is 23.6 Å². The highest BCUT2D eigenvalue weighted by molar-refractivity contribution is 6.00. The molecule has 0 atom stereocenters. The van der Waals surface area contributed by atoms with Gasteiger partial charge < -0.3 is 15.4 Å². The van der Waals surface area contributed by atoms with Gasteiger partial charge in [0.05, 0.1) is 18.4 Å². The van der Waals surface area contributed by atoms with Crippen molar-refractivity contribution in [2.75, 3.05) is 12.4 Å². The van der Waals surface area contributed by atoms with Crippen molar-refractivity contribution >= 4 is 17.5 Å². The largest absolute Gasteiger partial charge is 0.497 e. The van der Waals surface area contributed by atoms with Gasteiger partial charge in [-0.2, -0.15) is 5.10 Å². The van der Waals surface area contributed by atoms with Crippen LogP contribution in [0.3, 0.4) is 0 Å². The Balaban J connectivity index is 1.38. The van der Waals surface area contributed by atoms with Crippen LogP contribution in [0.15, 0.2) is 85.1 Å². The smallest absolute Gasteiger partial charge is 0.255 e. The van der Waals surface area contributed by atoms with Gasteiger partial charge in [0.1, 0.15) is 11.4 Å². The standard InChI is InChI=1S/C28H26N4O3/c1-35-24-12-6-8-21(16-24)26-25(18-32(31-26)23-10-3-2-4-11-23)28(34)29-17-19-7-5-9-22(15-19)30-27(33)20-13-14-20/h2-12,15-16,18,20H,13-14,17H2,1H3,(H,29,34)(H,30,33). The Morgan fingerprint density at radius 1 is 1.00 bits per heavy atom. The van der Waals surface area contributed by atoms with Crippen LogP contribution in [0, 0.1) is 5.92 Å². The monoisotopic (exact) mass is 466 g/mol. The molecule has 5 rings (SSSR count). The molecule has 0 spiro atoms. The number of carbonyl (C=O) groups excluding carboxylic acids is 2. The molecule has 1 aromatic heterocycles. The summed E-state index contributed by atoms with van der Waals surface area (Å²) in [6.07, 6.45) is 3.65. The molecule has 0 unspecified atom stereocenters. The van der Waals surface area contributed by atoms with Crippen molar-refractivity contribution in [2.24, 2.45) is 5.92 Å². The maximum Gasteiger partial charge on any atom is 0.255 e. The number of hydrogen-bond acceptors (Lipinski definition) is 4. The van der Waals surface area contributed by atoms with E-state index in [4.69, 9.17) is 9.84 Å². The molecule has 0 saturated heterocycles. The van der Waals surface area contributed by atoms with Gasteiger partial charge in [-0.1, -0.05) is 42.5 Å². The SMILES string of the molecule is COc1cccc(-c2nn(-c3ccccc3)cc2C(=O)NCc2cccc(NC(=O)C3CC3)c2)c1. The average Bonchev–Trinajstić information content (AvgIpc) is 3.66. The maximum absolute atomic E-state index is 13.3. The zero-order valence-electron chi connectivity index (χ0n) is 19.4. The quantitative estimate of drug-likeness (QED) is 0.390. The molecule has 4 aromatic rings. The minimum atomic E-state index is -0.238.